The van der Waals surface area contributed by atoms with E-state index in [1.54, 1.807) is 35.2 Å². The molecule has 122 valence electrons. The molecule has 0 aromatic heterocycles. The van der Waals surface area contributed by atoms with E-state index in [4.69, 9.17) is 4.74 Å². The molecule has 2 amide bonds. The van der Waals surface area contributed by atoms with Crippen LogP contribution in [0.2, 0.25) is 0 Å². The summed E-state index contributed by atoms with van der Waals surface area (Å²) in [6, 6.07) is 7.01. The standard InChI is InChI=1S/C17H20N2O4/c1-2-3-6-17(22)23-12-15(20)18-13-7-9-14(10-8-13)19-11-4-5-16(19)21/h3,6-10H,2,4-5,11-12H2,1H3,(H,18,20)/b6-3+. The van der Waals surface area contributed by atoms with Crippen molar-refractivity contribution >= 4 is 29.2 Å². The second kappa shape index (κ2) is 8.12. The maximum Gasteiger partial charge on any atom is 0.330 e. The van der Waals surface area contributed by atoms with Gasteiger partial charge in [-0.15, -0.1) is 0 Å². The molecule has 6 nitrogen and oxygen atoms in total. The fraction of sp³-hybridized carbons (Fsp3) is 0.353. The molecule has 1 aliphatic rings. The number of amides is 2. The van der Waals surface area contributed by atoms with Gasteiger partial charge in [0.15, 0.2) is 6.61 Å². The van der Waals surface area contributed by atoms with Crippen LogP contribution in [0, 0.1) is 0 Å². The molecule has 1 heterocycles. The minimum absolute atomic E-state index is 0.119. The highest BCUT2D eigenvalue weighted by molar-refractivity contribution is 5.96. The van der Waals surface area contributed by atoms with Gasteiger partial charge in [-0.3, -0.25) is 9.59 Å². The zero-order valence-corrected chi connectivity index (χ0v) is 13.1. The van der Waals surface area contributed by atoms with Crippen LogP contribution in [0.3, 0.4) is 0 Å². The number of carbonyl (C=O) groups is 3. The van der Waals surface area contributed by atoms with Crippen LogP contribution in [-0.2, 0) is 19.1 Å². The predicted molar refractivity (Wildman–Crippen MR) is 87.0 cm³/mol. The molecular formula is C17H20N2O4. The summed E-state index contributed by atoms with van der Waals surface area (Å²) >= 11 is 0. The van der Waals surface area contributed by atoms with Crippen LogP contribution in [-0.4, -0.2) is 30.9 Å². The molecule has 1 N–H and O–H groups in total. The number of nitrogens with zero attached hydrogens (tertiary/aromatic N) is 1. The molecular weight excluding hydrogens is 296 g/mol. The Morgan fingerprint density at radius 2 is 2.04 bits per heavy atom. The van der Waals surface area contributed by atoms with Gasteiger partial charge in [0.2, 0.25) is 5.91 Å². The highest BCUT2D eigenvalue weighted by Gasteiger charge is 2.21. The maximum absolute atomic E-state index is 11.7. The van der Waals surface area contributed by atoms with E-state index >= 15 is 0 Å². The van der Waals surface area contributed by atoms with Gasteiger partial charge in [-0.2, -0.15) is 0 Å². The third-order valence-corrected chi connectivity index (χ3v) is 3.37. The van der Waals surface area contributed by atoms with Gasteiger partial charge in [-0.25, -0.2) is 4.79 Å². The van der Waals surface area contributed by atoms with Gasteiger partial charge in [0.1, 0.15) is 0 Å². The minimum Gasteiger partial charge on any atom is -0.452 e. The molecule has 1 fully saturated rings. The van der Waals surface area contributed by atoms with Gasteiger partial charge < -0.3 is 15.0 Å². The number of nitrogens with one attached hydrogen (secondary N) is 1. The first kappa shape index (κ1) is 16.7. The lowest BCUT2D eigenvalue weighted by Crippen LogP contribution is -2.23. The molecule has 0 spiro atoms. The Bertz CT molecular complexity index is 608. The number of rotatable bonds is 6. The third-order valence-electron chi connectivity index (χ3n) is 3.37. The lowest BCUT2D eigenvalue weighted by Gasteiger charge is -2.16. The molecule has 0 unspecified atom stereocenters. The molecule has 0 radical (unpaired) electrons. The average Bonchev–Trinajstić information content (AvgIpc) is 2.98. The van der Waals surface area contributed by atoms with Gasteiger partial charge in [-0.1, -0.05) is 13.0 Å². The normalized spacial score (nSPS) is 14.3. The number of esters is 1. The Morgan fingerprint density at radius 1 is 1.30 bits per heavy atom. The number of allylic oxidation sites excluding steroid dienone is 1. The van der Waals surface area contributed by atoms with Crippen LogP contribution >= 0.6 is 0 Å². The van der Waals surface area contributed by atoms with Gasteiger partial charge in [-0.05, 0) is 37.1 Å². The van der Waals surface area contributed by atoms with Crippen LogP contribution in [0.25, 0.3) is 0 Å². The van der Waals surface area contributed by atoms with Crippen LogP contribution in [0.5, 0.6) is 0 Å². The van der Waals surface area contributed by atoms with Gasteiger partial charge in [0, 0.05) is 30.4 Å². The molecule has 0 aliphatic carbocycles. The van der Waals surface area contributed by atoms with Gasteiger partial charge in [0.25, 0.3) is 5.91 Å². The summed E-state index contributed by atoms with van der Waals surface area (Å²) in [5.41, 5.74) is 1.41. The number of carbonyl (C=O) groups excluding carboxylic acids is 3. The van der Waals surface area contributed by atoms with E-state index in [-0.39, 0.29) is 12.5 Å². The van der Waals surface area contributed by atoms with Crippen molar-refractivity contribution in [1.29, 1.82) is 0 Å². The number of hydrogen-bond acceptors (Lipinski definition) is 4. The van der Waals surface area contributed by atoms with Crippen molar-refractivity contribution in [2.24, 2.45) is 0 Å². The number of ether oxygens (including phenoxy) is 1. The fourth-order valence-corrected chi connectivity index (χ4v) is 2.24. The zero-order valence-electron chi connectivity index (χ0n) is 13.1. The number of hydrogen-bond donors (Lipinski definition) is 1. The van der Waals surface area contributed by atoms with Gasteiger partial charge >= 0.3 is 5.97 Å². The molecule has 1 saturated heterocycles. The highest BCUT2D eigenvalue weighted by atomic mass is 16.5. The molecule has 6 heteroatoms. The summed E-state index contributed by atoms with van der Waals surface area (Å²) in [5, 5.41) is 2.64. The van der Waals surface area contributed by atoms with Crippen molar-refractivity contribution in [2.75, 3.05) is 23.4 Å². The Morgan fingerprint density at radius 3 is 2.65 bits per heavy atom. The summed E-state index contributed by atoms with van der Waals surface area (Å²) in [6.45, 7) is 2.29. The first-order valence-electron chi connectivity index (χ1n) is 7.63. The van der Waals surface area contributed by atoms with Crippen LogP contribution < -0.4 is 10.2 Å². The van der Waals surface area contributed by atoms with E-state index in [0.717, 1.165) is 25.1 Å². The van der Waals surface area contributed by atoms with Crippen LogP contribution in [0.1, 0.15) is 26.2 Å². The lowest BCUT2D eigenvalue weighted by molar-refractivity contribution is -0.142. The molecule has 0 atom stereocenters. The van der Waals surface area contributed by atoms with Crippen molar-refractivity contribution in [1.82, 2.24) is 0 Å². The summed E-state index contributed by atoms with van der Waals surface area (Å²) in [5.74, 6) is -0.827. The Labute approximate surface area is 135 Å². The summed E-state index contributed by atoms with van der Waals surface area (Å²) in [4.78, 5) is 36.4. The fourth-order valence-electron chi connectivity index (χ4n) is 2.24. The average molecular weight is 316 g/mol. The molecule has 23 heavy (non-hydrogen) atoms. The summed E-state index contributed by atoms with van der Waals surface area (Å²) in [7, 11) is 0. The smallest absolute Gasteiger partial charge is 0.330 e. The van der Waals surface area contributed by atoms with E-state index < -0.39 is 11.9 Å². The van der Waals surface area contributed by atoms with Crippen LogP contribution in [0.15, 0.2) is 36.4 Å². The van der Waals surface area contributed by atoms with Crippen molar-refractivity contribution < 1.29 is 19.1 Å². The second-order valence-corrected chi connectivity index (χ2v) is 5.16. The zero-order chi connectivity index (χ0) is 16.7. The minimum atomic E-state index is -0.537. The molecule has 2 rings (SSSR count). The van der Waals surface area contributed by atoms with E-state index in [1.807, 2.05) is 6.92 Å². The molecule has 0 saturated carbocycles. The summed E-state index contributed by atoms with van der Waals surface area (Å²) in [6.07, 6.45) is 5.15. The van der Waals surface area contributed by atoms with E-state index in [2.05, 4.69) is 5.32 Å². The molecule has 1 aromatic rings. The van der Waals surface area contributed by atoms with E-state index in [1.165, 1.54) is 6.08 Å². The van der Waals surface area contributed by atoms with E-state index in [0.29, 0.717) is 12.1 Å². The Balaban J connectivity index is 1.83. The van der Waals surface area contributed by atoms with Crippen LogP contribution in [0.4, 0.5) is 11.4 Å². The Kier molecular flexibility index (Phi) is 5.91. The first-order chi connectivity index (χ1) is 11.1. The second-order valence-electron chi connectivity index (χ2n) is 5.16. The monoisotopic (exact) mass is 316 g/mol. The molecule has 0 bridgehead atoms. The molecule has 1 aliphatic heterocycles. The number of benzene rings is 1. The van der Waals surface area contributed by atoms with Gasteiger partial charge in [0.05, 0.1) is 0 Å². The van der Waals surface area contributed by atoms with Crippen molar-refractivity contribution in [2.45, 2.75) is 26.2 Å². The van der Waals surface area contributed by atoms with Crippen molar-refractivity contribution in [3.05, 3.63) is 36.4 Å². The maximum atomic E-state index is 11.7. The predicted octanol–water partition coefficient (Wildman–Crippen LogP) is 2.26. The molecule has 1 aromatic carbocycles. The number of anilines is 2. The van der Waals surface area contributed by atoms with Crippen molar-refractivity contribution in [3.63, 3.8) is 0 Å². The topological polar surface area (TPSA) is 75.7 Å². The Hall–Kier alpha value is -2.63. The van der Waals surface area contributed by atoms with E-state index in [9.17, 15) is 14.4 Å². The lowest BCUT2D eigenvalue weighted by atomic mass is 10.2. The summed E-state index contributed by atoms with van der Waals surface area (Å²) < 4.78 is 4.81. The highest BCUT2D eigenvalue weighted by Crippen LogP contribution is 2.22. The largest absolute Gasteiger partial charge is 0.452 e. The van der Waals surface area contributed by atoms with Crippen molar-refractivity contribution in [3.8, 4) is 0 Å². The quantitative estimate of drug-likeness (QED) is 0.645. The SMILES string of the molecule is CC/C=C/C(=O)OCC(=O)Nc1ccc(N2CCCC2=O)cc1. The third kappa shape index (κ3) is 4.95. The first-order valence-corrected chi connectivity index (χ1v) is 7.63.